The minimum absolute atomic E-state index is 0.0633. The predicted octanol–water partition coefficient (Wildman–Crippen LogP) is 1.10. The highest BCUT2D eigenvalue weighted by molar-refractivity contribution is 5.93. The molecule has 2 aliphatic heterocycles. The normalized spacial score (nSPS) is 25.2. The van der Waals surface area contributed by atoms with E-state index in [-0.39, 0.29) is 5.91 Å². The van der Waals surface area contributed by atoms with E-state index in [9.17, 15) is 9.59 Å². The summed E-state index contributed by atoms with van der Waals surface area (Å²) < 4.78 is 6.03. The highest BCUT2D eigenvalue weighted by Gasteiger charge is 2.47. The first-order valence-electron chi connectivity index (χ1n) is 6.89. The topological polar surface area (TPSA) is 72.6 Å². The van der Waals surface area contributed by atoms with Crippen LogP contribution in [-0.2, 0) is 11.2 Å². The molecular weight excluding hydrogens is 256 g/mol. The van der Waals surface area contributed by atoms with Crippen molar-refractivity contribution in [3.63, 3.8) is 0 Å². The van der Waals surface area contributed by atoms with Crippen molar-refractivity contribution in [1.82, 2.24) is 4.90 Å². The number of likely N-dealkylation sites (N-methyl/N-ethyl adjacent to an activating group) is 1. The van der Waals surface area contributed by atoms with E-state index in [1.54, 1.807) is 23.1 Å². The van der Waals surface area contributed by atoms with Crippen molar-refractivity contribution in [1.29, 1.82) is 0 Å². The van der Waals surface area contributed by atoms with Crippen LogP contribution in [0.25, 0.3) is 0 Å². The van der Waals surface area contributed by atoms with Crippen molar-refractivity contribution in [3.05, 3.63) is 29.3 Å². The molecule has 106 valence electrons. The summed E-state index contributed by atoms with van der Waals surface area (Å²) in [7, 11) is 1.82. The second-order valence-electron chi connectivity index (χ2n) is 5.61. The Morgan fingerprint density at radius 3 is 2.95 bits per heavy atom. The number of ether oxygens (including phenoxy) is 1. The Morgan fingerprint density at radius 1 is 1.40 bits per heavy atom. The fourth-order valence-electron chi connectivity index (χ4n) is 3.11. The minimum Gasteiger partial charge on any atom is -0.477 e. The number of benzene rings is 1. The number of carbonyl (C=O) groups excluding carboxylic acids is 2. The van der Waals surface area contributed by atoms with Gasteiger partial charge in [0.25, 0.3) is 5.91 Å². The Kier molecular flexibility index (Phi) is 2.92. The summed E-state index contributed by atoms with van der Waals surface area (Å²) >= 11 is 0. The number of rotatable bonds is 1. The minimum atomic E-state index is -0.714. The maximum atomic E-state index is 12.4. The molecule has 1 unspecified atom stereocenters. The lowest BCUT2D eigenvalue weighted by Gasteiger charge is -2.43. The smallest absolute Gasteiger partial charge is 0.266 e. The first kappa shape index (κ1) is 13.0. The lowest BCUT2D eigenvalue weighted by Crippen LogP contribution is -2.56. The molecule has 0 saturated carbocycles. The molecule has 1 spiro atoms. The van der Waals surface area contributed by atoms with Crippen LogP contribution in [0.2, 0.25) is 0 Å². The molecule has 0 bridgehead atoms. The summed E-state index contributed by atoms with van der Waals surface area (Å²) in [4.78, 5) is 25.4. The molecule has 0 aromatic heterocycles. The van der Waals surface area contributed by atoms with Gasteiger partial charge in [0, 0.05) is 25.6 Å². The van der Waals surface area contributed by atoms with E-state index in [1.165, 1.54) is 0 Å². The first-order chi connectivity index (χ1) is 9.52. The fourth-order valence-corrected chi connectivity index (χ4v) is 3.11. The molecule has 1 atom stereocenters. The van der Waals surface area contributed by atoms with Crippen molar-refractivity contribution in [3.8, 4) is 5.75 Å². The van der Waals surface area contributed by atoms with E-state index < -0.39 is 11.5 Å². The van der Waals surface area contributed by atoms with Crippen LogP contribution in [-0.4, -0.2) is 35.9 Å². The maximum absolute atomic E-state index is 12.4. The average Bonchev–Trinajstić information content (AvgIpc) is 2.44. The molecule has 0 aliphatic carbocycles. The highest BCUT2D eigenvalue weighted by Crippen LogP contribution is 2.39. The number of aryl methyl sites for hydroxylation is 1. The molecule has 2 heterocycles. The van der Waals surface area contributed by atoms with Gasteiger partial charge in [-0.05, 0) is 43.0 Å². The van der Waals surface area contributed by atoms with E-state index >= 15 is 0 Å². The van der Waals surface area contributed by atoms with Crippen LogP contribution < -0.4 is 10.5 Å². The standard InChI is InChI=1S/C15H18N2O3/c1-17-8-2-6-15(14(17)19)7-5-10-9-11(13(16)18)3-4-12(10)20-15/h3-4,9H,2,5-8H2,1H3,(H2,16,18). The number of nitrogens with zero attached hydrogens (tertiary/aromatic N) is 1. The number of likely N-dealkylation sites (tertiary alicyclic amines) is 1. The molecular formula is C15H18N2O3. The summed E-state index contributed by atoms with van der Waals surface area (Å²) in [6.07, 6.45) is 3.10. The lowest BCUT2D eigenvalue weighted by atomic mass is 9.83. The monoisotopic (exact) mass is 274 g/mol. The predicted molar refractivity (Wildman–Crippen MR) is 73.5 cm³/mol. The van der Waals surface area contributed by atoms with Crippen LogP contribution in [0.5, 0.6) is 5.75 Å². The summed E-state index contributed by atoms with van der Waals surface area (Å²) in [6.45, 7) is 0.789. The zero-order valence-electron chi connectivity index (χ0n) is 11.5. The molecule has 1 saturated heterocycles. The quantitative estimate of drug-likeness (QED) is 0.833. The average molecular weight is 274 g/mol. The van der Waals surface area contributed by atoms with Crippen LogP contribution in [0.4, 0.5) is 0 Å². The SMILES string of the molecule is CN1CCCC2(CCc3cc(C(N)=O)ccc3O2)C1=O. The number of primary amides is 1. The number of carbonyl (C=O) groups is 2. The van der Waals surface area contributed by atoms with Crippen molar-refractivity contribution >= 4 is 11.8 Å². The second kappa shape index (κ2) is 4.51. The molecule has 2 aliphatic rings. The van der Waals surface area contributed by atoms with Gasteiger partial charge in [-0.1, -0.05) is 0 Å². The molecule has 5 heteroatoms. The van der Waals surface area contributed by atoms with Crippen LogP contribution in [0.3, 0.4) is 0 Å². The third-order valence-electron chi connectivity index (χ3n) is 4.26. The molecule has 0 radical (unpaired) electrons. The first-order valence-corrected chi connectivity index (χ1v) is 6.89. The maximum Gasteiger partial charge on any atom is 0.266 e. The van der Waals surface area contributed by atoms with Crippen molar-refractivity contribution in [2.24, 2.45) is 5.73 Å². The van der Waals surface area contributed by atoms with Gasteiger partial charge in [0.2, 0.25) is 5.91 Å². The van der Waals surface area contributed by atoms with Crippen LogP contribution in [0, 0.1) is 0 Å². The van der Waals surface area contributed by atoms with Gasteiger partial charge in [-0.3, -0.25) is 9.59 Å². The Morgan fingerprint density at radius 2 is 2.20 bits per heavy atom. The van der Waals surface area contributed by atoms with Crippen molar-refractivity contribution in [2.45, 2.75) is 31.3 Å². The second-order valence-corrected chi connectivity index (χ2v) is 5.61. The Bertz CT molecular complexity index is 584. The van der Waals surface area contributed by atoms with E-state index in [1.807, 2.05) is 7.05 Å². The summed E-state index contributed by atoms with van der Waals surface area (Å²) in [5.41, 5.74) is 6.00. The molecule has 1 aromatic rings. The molecule has 1 aromatic carbocycles. The molecule has 1 fully saturated rings. The number of fused-ring (bicyclic) bond motifs is 1. The number of hydrogen-bond donors (Lipinski definition) is 1. The Hall–Kier alpha value is -2.04. The van der Waals surface area contributed by atoms with Gasteiger partial charge in [-0.25, -0.2) is 0 Å². The zero-order chi connectivity index (χ0) is 14.3. The van der Waals surface area contributed by atoms with E-state index in [0.717, 1.165) is 31.4 Å². The molecule has 20 heavy (non-hydrogen) atoms. The van der Waals surface area contributed by atoms with Crippen LogP contribution in [0.1, 0.15) is 35.2 Å². The molecule has 2 amide bonds. The van der Waals surface area contributed by atoms with Gasteiger partial charge in [0.15, 0.2) is 5.60 Å². The van der Waals surface area contributed by atoms with Crippen molar-refractivity contribution in [2.75, 3.05) is 13.6 Å². The van der Waals surface area contributed by atoms with Gasteiger partial charge in [-0.2, -0.15) is 0 Å². The van der Waals surface area contributed by atoms with Crippen LogP contribution >= 0.6 is 0 Å². The van der Waals surface area contributed by atoms with Gasteiger partial charge in [0.1, 0.15) is 5.75 Å². The largest absolute Gasteiger partial charge is 0.477 e. The van der Waals surface area contributed by atoms with Gasteiger partial charge in [-0.15, -0.1) is 0 Å². The third-order valence-corrected chi connectivity index (χ3v) is 4.26. The van der Waals surface area contributed by atoms with E-state index in [2.05, 4.69) is 0 Å². The van der Waals surface area contributed by atoms with Crippen molar-refractivity contribution < 1.29 is 14.3 Å². The zero-order valence-corrected chi connectivity index (χ0v) is 11.5. The summed E-state index contributed by atoms with van der Waals surface area (Å²) in [5, 5.41) is 0. The lowest BCUT2D eigenvalue weighted by molar-refractivity contribution is -0.153. The van der Waals surface area contributed by atoms with Crippen LogP contribution in [0.15, 0.2) is 18.2 Å². The van der Waals surface area contributed by atoms with Gasteiger partial charge < -0.3 is 15.4 Å². The summed E-state index contributed by atoms with van der Waals surface area (Å²) in [6, 6.07) is 5.16. The molecule has 3 rings (SSSR count). The number of hydrogen-bond acceptors (Lipinski definition) is 3. The van der Waals surface area contributed by atoms with Gasteiger partial charge >= 0.3 is 0 Å². The van der Waals surface area contributed by atoms with E-state index in [0.29, 0.717) is 17.7 Å². The third kappa shape index (κ3) is 1.94. The van der Waals surface area contributed by atoms with Gasteiger partial charge in [0.05, 0.1) is 0 Å². The van der Waals surface area contributed by atoms with E-state index in [4.69, 9.17) is 10.5 Å². The Labute approximate surface area is 117 Å². The number of nitrogens with two attached hydrogens (primary N) is 1. The molecule has 2 N–H and O–H groups in total. The molecule has 5 nitrogen and oxygen atoms in total. The summed E-state index contributed by atoms with van der Waals surface area (Å²) in [5.74, 6) is 0.319. The fraction of sp³-hybridized carbons (Fsp3) is 0.467. The highest BCUT2D eigenvalue weighted by atomic mass is 16.5. The number of piperidine rings is 1. The Balaban J connectivity index is 1.92. The number of amides is 2.